The van der Waals surface area contributed by atoms with E-state index in [4.69, 9.17) is 9.47 Å². The first-order chi connectivity index (χ1) is 11.6. The van der Waals surface area contributed by atoms with Crippen LogP contribution < -0.4 is 9.47 Å². The molecule has 1 atom stereocenters. The Balaban J connectivity index is 1.55. The molecule has 4 rings (SSSR count). The zero-order valence-corrected chi connectivity index (χ0v) is 13.9. The SMILES string of the molecule is CN1C(=O)CCC[C@@]12CCCN(C(=O)c1ccc3c(c1)OCO3)C2. The number of fused-ring (bicyclic) bond motifs is 1. The van der Waals surface area contributed by atoms with Gasteiger partial charge in [-0.3, -0.25) is 9.59 Å². The lowest BCUT2D eigenvalue weighted by Gasteiger charge is -2.50. The van der Waals surface area contributed by atoms with Gasteiger partial charge in [0.15, 0.2) is 11.5 Å². The summed E-state index contributed by atoms with van der Waals surface area (Å²) in [6, 6.07) is 5.32. The highest BCUT2D eigenvalue weighted by molar-refractivity contribution is 5.95. The molecule has 0 radical (unpaired) electrons. The van der Waals surface area contributed by atoms with Crippen molar-refractivity contribution in [1.29, 1.82) is 0 Å². The van der Waals surface area contributed by atoms with Crippen molar-refractivity contribution in [2.45, 2.75) is 37.6 Å². The van der Waals surface area contributed by atoms with Crippen LogP contribution in [0.3, 0.4) is 0 Å². The summed E-state index contributed by atoms with van der Waals surface area (Å²) >= 11 is 0. The number of nitrogens with zero attached hydrogens (tertiary/aromatic N) is 2. The summed E-state index contributed by atoms with van der Waals surface area (Å²) in [5, 5.41) is 0. The topological polar surface area (TPSA) is 59.1 Å². The smallest absolute Gasteiger partial charge is 0.254 e. The number of benzene rings is 1. The van der Waals surface area contributed by atoms with Crippen molar-refractivity contribution in [3.63, 3.8) is 0 Å². The van der Waals surface area contributed by atoms with Gasteiger partial charge in [-0.25, -0.2) is 0 Å². The maximum atomic E-state index is 12.9. The van der Waals surface area contributed by atoms with E-state index in [0.717, 1.165) is 32.2 Å². The molecule has 128 valence electrons. The minimum Gasteiger partial charge on any atom is -0.454 e. The molecule has 2 saturated heterocycles. The highest BCUT2D eigenvalue weighted by Crippen LogP contribution is 2.37. The number of amides is 2. The van der Waals surface area contributed by atoms with Crippen LogP contribution in [-0.4, -0.2) is 54.1 Å². The fourth-order valence-electron chi connectivity index (χ4n) is 4.14. The van der Waals surface area contributed by atoms with Gasteiger partial charge in [-0.05, 0) is 43.9 Å². The Morgan fingerprint density at radius 3 is 2.83 bits per heavy atom. The van der Waals surface area contributed by atoms with Crippen LogP contribution >= 0.6 is 0 Å². The first-order valence-electron chi connectivity index (χ1n) is 8.55. The highest BCUT2D eigenvalue weighted by Gasteiger charge is 2.44. The van der Waals surface area contributed by atoms with Crippen molar-refractivity contribution in [2.24, 2.45) is 0 Å². The number of likely N-dealkylation sites (N-methyl/N-ethyl adjacent to an activating group) is 1. The third-order valence-electron chi connectivity index (χ3n) is 5.58. The Morgan fingerprint density at radius 2 is 1.96 bits per heavy atom. The van der Waals surface area contributed by atoms with Crippen molar-refractivity contribution in [2.75, 3.05) is 26.9 Å². The molecule has 6 nitrogen and oxygen atoms in total. The highest BCUT2D eigenvalue weighted by atomic mass is 16.7. The quantitative estimate of drug-likeness (QED) is 0.790. The van der Waals surface area contributed by atoms with Crippen LogP contribution in [0.4, 0.5) is 0 Å². The van der Waals surface area contributed by atoms with E-state index in [9.17, 15) is 9.59 Å². The molecule has 3 aliphatic heterocycles. The van der Waals surface area contributed by atoms with Crippen LogP contribution in [0.5, 0.6) is 11.5 Å². The van der Waals surface area contributed by atoms with Gasteiger partial charge >= 0.3 is 0 Å². The molecular weight excluding hydrogens is 308 g/mol. The molecule has 1 aromatic rings. The van der Waals surface area contributed by atoms with Crippen molar-refractivity contribution in [3.8, 4) is 11.5 Å². The van der Waals surface area contributed by atoms with Gasteiger partial charge in [0.2, 0.25) is 12.7 Å². The fraction of sp³-hybridized carbons (Fsp3) is 0.556. The Hall–Kier alpha value is -2.24. The molecule has 6 heteroatoms. The van der Waals surface area contributed by atoms with Crippen LogP contribution in [0.15, 0.2) is 18.2 Å². The summed E-state index contributed by atoms with van der Waals surface area (Å²) in [7, 11) is 1.88. The summed E-state index contributed by atoms with van der Waals surface area (Å²) in [5.74, 6) is 1.49. The molecule has 1 aromatic carbocycles. The third kappa shape index (κ3) is 2.41. The largest absolute Gasteiger partial charge is 0.454 e. The number of hydrogen-bond acceptors (Lipinski definition) is 4. The van der Waals surface area contributed by atoms with Crippen molar-refractivity contribution in [1.82, 2.24) is 9.80 Å². The minimum absolute atomic E-state index is 0.00111. The predicted molar refractivity (Wildman–Crippen MR) is 87.1 cm³/mol. The minimum atomic E-state index is -0.195. The fourth-order valence-corrected chi connectivity index (χ4v) is 4.14. The van der Waals surface area contributed by atoms with Crippen LogP contribution in [0.2, 0.25) is 0 Å². The maximum Gasteiger partial charge on any atom is 0.254 e. The first-order valence-corrected chi connectivity index (χ1v) is 8.55. The van der Waals surface area contributed by atoms with Crippen molar-refractivity contribution < 1.29 is 19.1 Å². The molecule has 3 heterocycles. The van der Waals surface area contributed by atoms with E-state index in [0.29, 0.717) is 30.0 Å². The lowest BCUT2D eigenvalue weighted by atomic mass is 9.80. The summed E-state index contributed by atoms with van der Waals surface area (Å²) < 4.78 is 10.7. The molecule has 0 bridgehead atoms. The molecule has 0 unspecified atom stereocenters. The van der Waals surface area contributed by atoms with Gasteiger partial charge in [0, 0.05) is 32.1 Å². The van der Waals surface area contributed by atoms with Gasteiger partial charge in [0.25, 0.3) is 5.91 Å². The first kappa shape index (κ1) is 15.3. The molecule has 3 aliphatic rings. The Labute approximate surface area is 141 Å². The second kappa shape index (κ2) is 5.69. The Bertz CT molecular complexity index is 686. The number of rotatable bonds is 1. The molecule has 0 saturated carbocycles. The molecular formula is C18H22N2O4. The summed E-state index contributed by atoms with van der Waals surface area (Å²) in [6.07, 6.45) is 4.40. The Kier molecular flexibility index (Phi) is 3.62. The average Bonchev–Trinajstić information content (AvgIpc) is 3.07. The number of ether oxygens (including phenoxy) is 2. The van der Waals surface area contributed by atoms with Crippen LogP contribution in [0, 0.1) is 0 Å². The van der Waals surface area contributed by atoms with E-state index in [2.05, 4.69) is 0 Å². The van der Waals surface area contributed by atoms with E-state index in [1.807, 2.05) is 16.8 Å². The molecule has 2 fully saturated rings. The van der Waals surface area contributed by atoms with E-state index in [1.54, 1.807) is 18.2 Å². The molecule has 1 spiro atoms. The summed E-state index contributed by atoms with van der Waals surface area (Å²) in [6.45, 7) is 1.55. The number of piperidine rings is 2. The van der Waals surface area contributed by atoms with Gasteiger partial charge in [-0.15, -0.1) is 0 Å². The van der Waals surface area contributed by atoms with Crippen LogP contribution in [0.25, 0.3) is 0 Å². The summed E-state index contributed by atoms with van der Waals surface area (Å²) in [4.78, 5) is 28.8. The number of likely N-dealkylation sites (tertiary alicyclic amines) is 2. The van der Waals surface area contributed by atoms with Crippen molar-refractivity contribution in [3.05, 3.63) is 23.8 Å². The van der Waals surface area contributed by atoms with E-state index in [-0.39, 0.29) is 24.1 Å². The normalized spacial score (nSPS) is 26.1. The number of carbonyl (C=O) groups excluding carboxylic acids is 2. The van der Waals surface area contributed by atoms with Crippen molar-refractivity contribution >= 4 is 11.8 Å². The molecule has 24 heavy (non-hydrogen) atoms. The van der Waals surface area contributed by atoms with Gasteiger partial charge in [-0.1, -0.05) is 0 Å². The molecule has 0 N–H and O–H groups in total. The number of carbonyl (C=O) groups is 2. The standard InChI is InChI=1S/C18H22N2O4/c1-19-16(21)4-2-7-18(19)8-3-9-20(11-18)17(22)13-5-6-14-15(10-13)24-12-23-14/h5-6,10H,2-4,7-9,11-12H2,1H3/t18-/m0/s1. The van der Waals surface area contributed by atoms with Gasteiger partial charge in [0.05, 0.1) is 5.54 Å². The molecule has 0 aliphatic carbocycles. The monoisotopic (exact) mass is 330 g/mol. The average molecular weight is 330 g/mol. The lowest BCUT2D eigenvalue weighted by Crippen LogP contribution is -2.61. The second-order valence-electron chi connectivity index (χ2n) is 6.93. The second-order valence-corrected chi connectivity index (χ2v) is 6.93. The summed E-state index contributed by atoms with van der Waals surface area (Å²) in [5.41, 5.74) is 0.417. The van der Waals surface area contributed by atoms with Crippen LogP contribution in [0.1, 0.15) is 42.5 Å². The van der Waals surface area contributed by atoms with Gasteiger partial charge in [-0.2, -0.15) is 0 Å². The van der Waals surface area contributed by atoms with E-state index >= 15 is 0 Å². The Morgan fingerprint density at radius 1 is 1.17 bits per heavy atom. The lowest BCUT2D eigenvalue weighted by molar-refractivity contribution is -0.142. The third-order valence-corrected chi connectivity index (χ3v) is 5.58. The van der Waals surface area contributed by atoms with Crippen LogP contribution in [-0.2, 0) is 4.79 Å². The number of hydrogen-bond donors (Lipinski definition) is 0. The van der Waals surface area contributed by atoms with E-state index < -0.39 is 0 Å². The van der Waals surface area contributed by atoms with Gasteiger partial charge < -0.3 is 19.3 Å². The predicted octanol–water partition coefficient (Wildman–Crippen LogP) is 2.03. The zero-order chi connectivity index (χ0) is 16.7. The van der Waals surface area contributed by atoms with E-state index in [1.165, 1.54) is 0 Å². The zero-order valence-electron chi connectivity index (χ0n) is 13.9. The maximum absolute atomic E-state index is 12.9. The van der Waals surface area contributed by atoms with Gasteiger partial charge in [0.1, 0.15) is 0 Å². The molecule has 2 amide bonds. The molecule has 0 aromatic heterocycles.